The first-order valence-corrected chi connectivity index (χ1v) is 4.84. The zero-order valence-corrected chi connectivity index (χ0v) is 11.9. The van der Waals surface area contributed by atoms with Gasteiger partial charge >= 0.3 is 0 Å². The molecule has 0 saturated heterocycles. The molecule has 0 fully saturated rings. The molecule has 0 atom stereocenters. The summed E-state index contributed by atoms with van der Waals surface area (Å²) in [4.78, 5) is 2.05. The zero-order valence-electron chi connectivity index (χ0n) is 10.3. The molecule has 2 N–H and O–H groups in total. The maximum Gasteiger partial charge on any atom is 0.163 e. The summed E-state index contributed by atoms with van der Waals surface area (Å²) in [5, 5.41) is 0. The van der Waals surface area contributed by atoms with Gasteiger partial charge in [-0.05, 0) is 26.2 Å². The smallest absolute Gasteiger partial charge is 0.163 e. The molecule has 0 heterocycles. The summed E-state index contributed by atoms with van der Waals surface area (Å²) in [6.07, 6.45) is 0. The molecule has 0 aliphatic carbocycles. The molecule has 4 nitrogen and oxygen atoms in total. The van der Waals surface area contributed by atoms with Crippen LogP contribution in [0.1, 0.15) is 0 Å². The number of nitrogen functional groups attached to an aromatic ring is 1. The largest absolute Gasteiger partial charge is 0.493 e. The third-order valence-corrected chi connectivity index (χ3v) is 1.98. The Kier molecular flexibility index (Phi) is 10.0. The van der Waals surface area contributed by atoms with Crippen LogP contribution < -0.4 is 15.2 Å². The number of halogens is 2. The zero-order chi connectivity index (χ0) is 11.3. The molecule has 17 heavy (non-hydrogen) atoms. The van der Waals surface area contributed by atoms with Crippen molar-refractivity contribution in [1.29, 1.82) is 0 Å². The van der Waals surface area contributed by atoms with Crippen molar-refractivity contribution in [1.82, 2.24) is 4.90 Å². The maximum absolute atomic E-state index is 5.67. The number of methoxy groups -OCH3 is 1. The van der Waals surface area contributed by atoms with Crippen molar-refractivity contribution >= 4 is 30.5 Å². The molecule has 1 aromatic carbocycles. The highest BCUT2D eigenvalue weighted by molar-refractivity contribution is 5.85. The van der Waals surface area contributed by atoms with Crippen LogP contribution in [0.25, 0.3) is 0 Å². The van der Waals surface area contributed by atoms with Crippen LogP contribution in [0.2, 0.25) is 0 Å². The number of rotatable bonds is 5. The van der Waals surface area contributed by atoms with Crippen molar-refractivity contribution < 1.29 is 9.47 Å². The summed E-state index contributed by atoms with van der Waals surface area (Å²) in [6.45, 7) is 1.48. The van der Waals surface area contributed by atoms with Crippen molar-refractivity contribution in [3.8, 4) is 11.5 Å². The van der Waals surface area contributed by atoms with E-state index in [4.69, 9.17) is 15.2 Å². The van der Waals surface area contributed by atoms with E-state index in [1.165, 1.54) is 0 Å². The monoisotopic (exact) mass is 282 g/mol. The minimum Gasteiger partial charge on any atom is -0.493 e. The number of anilines is 1. The van der Waals surface area contributed by atoms with Crippen LogP contribution in [-0.4, -0.2) is 39.3 Å². The predicted octanol–water partition coefficient (Wildman–Crippen LogP) is 2.06. The number of likely N-dealkylation sites (N-methyl/N-ethyl adjacent to an activating group) is 1. The highest BCUT2D eigenvalue weighted by atomic mass is 35.5. The fraction of sp³-hybridized carbons (Fsp3) is 0.455. The van der Waals surface area contributed by atoms with Crippen LogP contribution in [0.3, 0.4) is 0 Å². The van der Waals surface area contributed by atoms with Crippen LogP contribution >= 0.6 is 24.8 Å². The standard InChI is InChI=1S/C11H18N2O2.2ClH/c1-13(2)6-7-15-11-8-9(12)4-5-10(11)14-3;;/h4-5,8H,6-7,12H2,1-3H3;2*1H. The molecule has 0 amide bonds. The Labute approximate surface area is 115 Å². The van der Waals surface area contributed by atoms with E-state index in [0.29, 0.717) is 23.8 Å². The van der Waals surface area contributed by atoms with E-state index in [2.05, 4.69) is 4.90 Å². The van der Waals surface area contributed by atoms with Crippen molar-refractivity contribution in [2.24, 2.45) is 0 Å². The summed E-state index contributed by atoms with van der Waals surface area (Å²) >= 11 is 0. The van der Waals surface area contributed by atoms with Crippen LogP contribution in [0.5, 0.6) is 11.5 Å². The first-order valence-electron chi connectivity index (χ1n) is 4.84. The maximum atomic E-state index is 5.67. The van der Waals surface area contributed by atoms with Crippen molar-refractivity contribution in [3.63, 3.8) is 0 Å². The second-order valence-electron chi connectivity index (χ2n) is 3.56. The van der Waals surface area contributed by atoms with E-state index < -0.39 is 0 Å². The fourth-order valence-electron chi connectivity index (χ4n) is 1.14. The number of ether oxygens (including phenoxy) is 2. The van der Waals surface area contributed by atoms with Gasteiger partial charge in [-0.2, -0.15) is 0 Å². The van der Waals surface area contributed by atoms with Gasteiger partial charge in [0.2, 0.25) is 0 Å². The van der Waals surface area contributed by atoms with E-state index in [9.17, 15) is 0 Å². The van der Waals surface area contributed by atoms with Crippen LogP contribution in [0, 0.1) is 0 Å². The molecular weight excluding hydrogens is 263 g/mol. The summed E-state index contributed by atoms with van der Waals surface area (Å²) in [5.41, 5.74) is 6.34. The number of nitrogens with two attached hydrogens (primary N) is 1. The van der Waals surface area contributed by atoms with Crippen LogP contribution in [0.15, 0.2) is 18.2 Å². The number of hydrogen-bond acceptors (Lipinski definition) is 4. The van der Waals surface area contributed by atoms with Gasteiger partial charge in [-0.15, -0.1) is 24.8 Å². The molecule has 0 saturated carbocycles. The van der Waals surface area contributed by atoms with E-state index in [-0.39, 0.29) is 24.8 Å². The quantitative estimate of drug-likeness (QED) is 0.840. The molecule has 0 radical (unpaired) electrons. The number of nitrogens with zero attached hydrogens (tertiary/aromatic N) is 1. The van der Waals surface area contributed by atoms with Gasteiger partial charge in [0.25, 0.3) is 0 Å². The van der Waals surface area contributed by atoms with Gasteiger partial charge < -0.3 is 20.1 Å². The van der Waals surface area contributed by atoms with Crippen molar-refractivity contribution in [2.45, 2.75) is 0 Å². The average molecular weight is 283 g/mol. The molecule has 0 spiro atoms. The van der Waals surface area contributed by atoms with Crippen molar-refractivity contribution in [3.05, 3.63) is 18.2 Å². The third-order valence-electron chi connectivity index (χ3n) is 1.98. The first kappa shape index (κ1) is 18.5. The molecule has 0 aromatic heterocycles. The first-order chi connectivity index (χ1) is 7.13. The fourth-order valence-corrected chi connectivity index (χ4v) is 1.14. The summed E-state index contributed by atoms with van der Waals surface area (Å²) in [6, 6.07) is 5.37. The van der Waals surface area contributed by atoms with Crippen LogP contribution in [0.4, 0.5) is 5.69 Å². The highest BCUT2D eigenvalue weighted by Crippen LogP contribution is 2.28. The van der Waals surface area contributed by atoms with Crippen molar-refractivity contribution in [2.75, 3.05) is 40.1 Å². The Bertz CT molecular complexity index is 322. The van der Waals surface area contributed by atoms with E-state index in [1.807, 2.05) is 14.1 Å². The van der Waals surface area contributed by atoms with Gasteiger partial charge in [0.15, 0.2) is 11.5 Å². The van der Waals surface area contributed by atoms with E-state index in [1.54, 1.807) is 25.3 Å². The molecule has 0 bridgehead atoms. The molecule has 6 heteroatoms. The Hall–Kier alpha value is -0.840. The topological polar surface area (TPSA) is 47.7 Å². The Morgan fingerprint density at radius 3 is 2.35 bits per heavy atom. The normalized spacial score (nSPS) is 9.18. The summed E-state index contributed by atoms with van der Waals surface area (Å²) < 4.78 is 10.7. The Balaban J connectivity index is 0. The lowest BCUT2D eigenvalue weighted by atomic mass is 10.3. The highest BCUT2D eigenvalue weighted by Gasteiger charge is 2.04. The lowest BCUT2D eigenvalue weighted by Crippen LogP contribution is -2.19. The van der Waals surface area contributed by atoms with Gasteiger partial charge in [0.05, 0.1) is 7.11 Å². The molecule has 0 aliphatic heterocycles. The molecule has 0 aliphatic rings. The van der Waals surface area contributed by atoms with Crippen LogP contribution in [-0.2, 0) is 0 Å². The molecule has 1 aromatic rings. The minimum atomic E-state index is 0. The second kappa shape index (κ2) is 9.22. The number of hydrogen-bond donors (Lipinski definition) is 1. The molecule has 100 valence electrons. The lowest BCUT2D eigenvalue weighted by Gasteiger charge is -2.13. The molecule has 0 unspecified atom stereocenters. The lowest BCUT2D eigenvalue weighted by molar-refractivity contribution is 0.251. The second-order valence-corrected chi connectivity index (χ2v) is 3.56. The minimum absolute atomic E-state index is 0. The average Bonchev–Trinajstić information content (AvgIpc) is 2.17. The molecule has 1 rings (SSSR count). The summed E-state index contributed by atoms with van der Waals surface area (Å²) in [5.74, 6) is 1.40. The van der Waals surface area contributed by atoms with Gasteiger partial charge in [0.1, 0.15) is 6.61 Å². The Morgan fingerprint density at radius 1 is 1.18 bits per heavy atom. The predicted molar refractivity (Wildman–Crippen MR) is 76.0 cm³/mol. The van der Waals surface area contributed by atoms with Gasteiger partial charge in [0, 0.05) is 18.3 Å². The summed E-state index contributed by atoms with van der Waals surface area (Å²) in [7, 11) is 5.62. The van der Waals surface area contributed by atoms with Gasteiger partial charge in [-0.3, -0.25) is 0 Å². The van der Waals surface area contributed by atoms with Gasteiger partial charge in [-0.25, -0.2) is 0 Å². The third kappa shape index (κ3) is 6.46. The van der Waals surface area contributed by atoms with E-state index in [0.717, 1.165) is 6.54 Å². The number of benzene rings is 1. The SMILES string of the molecule is COc1ccc(N)cc1OCCN(C)C.Cl.Cl. The van der Waals surface area contributed by atoms with E-state index >= 15 is 0 Å². The molecular formula is C11H20Cl2N2O2. The Morgan fingerprint density at radius 2 is 1.82 bits per heavy atom. The van der Waals surface area contributed by atoms with Gasteiger partial charge in [-0.1, -0.05) is 0 Å².